The van der Waals surface area contributed by atoms with E-state index in [0.717, 1.165) is 11.3 Å². The van der Waals surface area contributed by atoms with E-state index in [1.807, 2.05) is 0 Å². The maximum Gasteiger partial charge on any atom is 0.257 e. The molecule has 1 heterocycles. The molecule has 76 valence electrons. The molecule has 1 aromatic carbocycles. The topological polar surface area (TPSA) is 32.7 Å². The molecule has 0 aliphatic carbocycles. The van der Waals surface area contributed by atoms with E-state index in [-0.39, 0.29) is 5.91 Å². The second-order valence-electron chi connectivity index (χ2n) is 3.22. The summed E-state index contributed by atoms with van der Waals surface area (Å²) < 4.78 is 0. The molecule has 1 amide bonds. The van der Waals surface area contributed by atoms with Crippen LogP contribution >= 0.6 is 23.8 Å². The van der Waals surface area contributed by atoms with Crippen LogP contribution in [0.2, 0.25) is 5.02 Å². The Kier molecular flexibility index (Phi) is 2.57. The zero-order valence-corrected chi connectivity index (χ0v) is 9.47. The van der Waals surface area contributed by atoms with Gasteiger partial charge >= 0.3 is 0 Å². The lowest BCUT2D eigenvalue weighted by atomic mass is 10.1. The Bertz CT molecular complexity index is 482. The zero-order chi connectivity index (χ0) is 11.0. The highest BCUT2D eigenvalue weighted by Crippen LogP contribution is 2.38. The van der Waals surface area contributed by atoms with Gasteiger partial charge in [0.05, 0.1) is 10.8 Å². The van der Waals surface area contributed by atoms with E-state index >= 15 is 0 Å². The number of amides is 1. The molecule has 1 aliphatic rings. The molecule has 0 bridgehead atoms. The van der Waals surface area contributed by atoms with Crippen LogP contribution in [0.4, 0.5) is 5.69 Å². The lowest BCUT2D eigenvalue weighted by Crippen LogP contribution is -2.23. The number of nitrogens with zero attached hydrogens (tertiary/aromatic N) is 2. The molecule has 1 atom stereocenters. The minimum absolute atomic E-state index is 0.107. The maximum absolute atomic E-state index is 11.8. The van der Waals surface area contributed by atoms with Crippen molar-refractivity contribution in [1.82, 2.24) is 0 Å². The number of likely N-dealkylation sites (N-methyl/N-ethyl adjacent to an activating group) is 1. The molecule has 0 saturated heterocycles. The van der Waals surface area contributed by atoms with Crippen molar-refractivity contribution in [3.05, 3.63) is 28.8 Å². The zero-order valence-electron chi connectivity index (χ0n) is 7.90. The van der Waals surface area contributed by atoms with Gasteiger partial charge in [0.2, 0.25) is 0 Å². The maximum atomic E-state index is 11.8. The molecule has 0 N–H and O–H groups in total. The fourth-order valence-electron chi connectivity index (χ4n) is 1.65. The van der Waals surface area contributed by atoms with Crippen molar-refractivity contribution in [3.63, 3.8) is 0 Å². The van der Waals surface area contributed by atoms with E-state index in [9.17, 15) is 4.79 Å². The van der Waals surface area contributed by atoms with Gasteiger partial charge in [-0.15, -0.1) is 0 Å². The van der Waals surface area contributed by atoms with Crippen molar-refractivity contribution in [2.45, 2.75) is 6.04 Å². The van der Waals surface area contributed by atoms with E-state index < -0.39 is 6.04 Å². The highest BCUT2D eigenvalue weighted by atomic mass is 35.5. The van der Waals surface area contributed by atoms with E-state index in [1.165, 1.54) is 4.90 Å². The number of rotatable bonds is 1. The molecule has 1 unspecified atom stereocenters. The minimum Gasteiger partial charge on any atom is -0.313 e. The Morgan fingerprint density at radius 1 is 1.60 bits per heavy atom. The van der Waals surface area contributed by atoms with Crippen molar-refractivity contribution in [2.24, 2.45) is 4.99 Å². The largest absolute Gasteiger partial charge is 0.313 e. The number of benzene rings is 1. The van der Waals surface area contributed by atoms with Gasteiger partial charge < -0.3 is 4.90 Å². The summed E-state index contributed by atoms with van der Waals surface area (Å²) in [5, 5.41) is 2.84. The number of thiocarbonyl (C=S) groups is 1. The lowest BCUT2D eigenvalue weighted by Gasteiger charge is -2.09. The molecule has 0 spiro atoms. The molecule has 1 aromatic rings. The number of isothiocyanates is 1. The van der Waals surface area contributed by atoms with Gasteiger partial charge in [0.15, 0.2) is 6.04 Å². The third kappa shape index (κ3) is 1.57. The van der Waals surface area contributed by atoms with E-state index in [2.05, 4.69) is 22.4 Å². The summed E-state index contributed by atoms with van der Waals surface area (Å²) in [4.78, 5) is 17.2. The average molecular weight is 239 g/mol. The number of halogens is 1. The summed E-state index contributed by atoms with van der Waals surface area (Å²) in [6, 6.07) is 4.71. The Labute approximate surface area is 97.4 Å². The van der Waals surface area contributed by atoms with Crippen LogP contribution in [0.5, 0.6) is 0 Å². The van der Waals surface area contributed by atoms with Crippen LogP contribution in [0.15, 0.2) is 23.2 Å². The van der Waals surface area contributed by atoms with Crippen LogP contribution in [0.25, 0.3) is 0 Å². The minimum atomic E-state index is -0.556. The molecule has 3 nitrogen and oxygen atoms in total. The van der Waals surface area contributed by atoms with Crippen LogP contribution in [-0.2, 0) is 4.79 Å². The first-order chi connectivity index (χ1) is 7.15. The van der Waals surface area contributed by atoms with Crippen molar-refractivity contribution in [2.75, 3.05) is 11.9 Å². The number of hydrogen-bond acceptors (Lipinski definition) is 3. The Balaban J connectivity index is 2.60. The van der Waals surface area contributed by atoms with Crippen LogP contribution in [-0.4, -0.2) is 18.1 Å². The summed E-state index contributed by atoms with van der Waals surface area (Å²) >= 11 is 10.4. The van der Waals surface area contributed by atoms with Crippen molar-refractivity contribution >= 4 is 40.6 Å². The monoisotopic (exact) mass is 238 g/mol. The number of hydrogen-bond donors (Lipinski definition) is 0. The van der Waals surface area contributed by atoms with Gasteiger partial charge in [-0.2, -0.15) is 0 Å². The molecule has 0 saturated carbocycles. The highest BCUT2D eigenvalue weighted by Gasteiger charge is 2.34. The van der Waals surface area contributed by atoms with Gasteiger partial charge in [-0.25, -0.2) is 4.99 Å². The van der Waals surface area contributed by atoms with E-state index in [0.29, 0.717) is 5.02 Å². The predicted molar refractivity (Wildman–Crippen MR) is 62.6 cm³/mol. The molecule has 2 rings (SSSR count). The first-order valence-electron chi connectivity index (χ1n) is 4.29. The summed E-state index contributed by atoms with van der Waals surface area (Å²) in [6.07, 6.45) is 0. The number of fused-ring (bicyclic) bond motifs is 1. The second kappa shape index (κ2) is 3.74. The quantitative estimate of drug-likeness (QED) is 0.556. The van der Waals surface area contributed by atoms with Gasteiger partial charge in [0.1, 0.15) is 0 Å². The van der Waals surface area contributed by atoms with Crippen LogP contribution in [0, 0.1) is 0 Å². The van der Waals surface area contributed by atoms with Crippen LogP contribution in [0.1, 0.15) is 11.6 Å². The Morgan fingerprint density at radius 3 is 3.00 bits per heavy atom. The molecule has 1 aliphatic heterocycles. The van der Waals surface area contributed by atoms with Gasteiger partial charge in [0, 0.05) is 17.6 Å². The Hall–Kier alpha value is -1.22. The molecule has 5 heteroatoms. The highest BCUT2D eigenvalue weighted by molar-refractivity contribution is 7.78. The van der Waals surface area contributed by atoms with Gasteiger partial charge in [-0.05, 0) is 24.4 Å². The normalized spacial score (nSPS) is 18.7. The van der Waals surface area contributed by atoms with Gasteiger partial charge in [0.25, 0.3) is 5.91 Å². The molecular weight excluding hydrogens is 232 g/mol. The molecule has 0 radical (unpaired) electrons. The molecule has 15 heavy (non-hydrogen) atoms. The van der Waals surface area contributed by atoms with Gasteiger partial charge in [-0.3, -0.25) is 4.79 Å². The SMILES string of the molecule is CN1C(=O)C(N=C=S)c2ccc(Cl)cc21. The molecular formula is C10H7ClN2OS. The number of carbonyl (C=O) groups excluding carboxylic acids is 1. The smallest absolute Gasteiger partial charge is 0.257 e. The summed E-state index contributed by atoms with van der Waals surface area (Å²) in [6.45, 7) is 0. The summed E-state index contributed by atoms with van der Waals surface area (Å²) in [5.41, 5.74) is 1.61. The predicted octanol–water partition coefficient (Wildman–Crippen LogP) is 2.46. The Morgan fingerprint density at radius 2 is 2.33 bits per heavy atom. The number of carbonyl (C=O) groups is 1. The number of aliphatic imine (C=N–C) groups is 1. The average Bonchev–Trinajstić information content (AvgIpc) is 2.44. The first-order valence-corrected chi connectivity index (χ1v) is 5.08. The molecule has 0 fully saturated rings. The van der Waals surface area contributed by atoms with Crippen LogP contribution in [0.3, 0.4) is 0 Å². The van der Waals surface area contributed by atoms with E-state index in [4.69, 9.17) is 11.6 Å². The third-order valence-corrected chi connectivity index (χ3v) is 2.74. The molecule has 0 aromatic heterocycles. The van der Waals surface area contributed by atoms with Gasteiger partial charge in [-0.1, -0.05) is 17.7 Å². The summed E-state index contributed by atoms with van der Waals surface area (Å²) in [7, 11) is 1.69. The fourth-order valence-corrected chi connectivity index (χ4v) is 1.92. The van der Waals surface area contributed by atoms with Crippen molar-refractivity contribution in [3.8, 4) is 0 Å². The van der Waals surface area contributed by atoms with E-state index in [1.54, 1.807) is 25.2 Å². The van der Waals surface area contributed by atoms with Crippen molar-refractivity contribution in [1.29, 1.82) is 0 Å². The van der Waals surface area contributed by atoms with Crippen molar-refractivity contribution < 1.29 is 4.79 Å². The first kappa shape index (κ1) is 10.3. The third-order valence-electron chi connectivity index (χ3n) is 2.39. The number of anilines is 1. The van der Waals surface area contributed by atoms with Crippen LogP contribution < -0.4 is 4.90 Å². The standard InChI is InChI=1S/C10H7ClN2OS/c1-13-8-4-6(11)2-3-7(8)9(10(13)14)12-5-15/h2-4,9H,1H3. The lowest BCUT2D eigenvalue weighted by molar-refractivity contribution is -0.118. The second-order valence-corrected chi connectivity index (χ2v) is 3.84. The fraction of sp³-hybridized carbons (Fsp3) is 0.200. The summed E-state index contributed by atoms with van der Waals surface area (Å²) in [5.74, 6) is -0.107.